The largest absolute Gasteiger partial charge is 0.497 e. The summed E-state index contributed by atoms with van der Waals surface area (Å²) in [5, 5.41) is 10.5. The van der Waals surface area contributed by atoms with E-state index in [9.17, 15) is 9.90 Å². The quantitative estimate of drug-likeness (QED) is 0.643. The second kappa shape index (κ2) is 6.33. The molecule has 0 saturated carbocycles. The van der Waals surface area contributed by atoms with Crippen molar-refractivity contribution >= 4 is 28.1 Å². The number of aromatic amines is 1. The van der Waals surface area contributed by atoms with Gasteiger partial charge < -0.3 is 25.3 Å². The number of H-pyrrole nitrogens is 1. The van der Waals surface area contributed by atoms with E-state index < -0.39 is 12.0 Å². The highest BCUT2D eigenvalue weighted by molar-refractivity contribution is 6.27. The summed E-state index contributed by atoms with van der Waals surface area (Å²) in [5.74, 6) is 0.897. The van der Waals surface area contributed by atoms with Gasteiger partial charge in [-0.3, -0.25) is 9.69 Å². The summed E-state index contributed by atoms with van der Waals surface area (Å²) in [6.07, 6.45) is -1.47. The number of nitrogens with zero attached hydrogens (tertiary/aromatic N) is 2. The normalized spacial score (nSPS) is 17.1. The number of carbonyl (C=O) groups excluding carboxylic acids is 1. The first-order chi connectivity index (χ1) is 13.0. The van der Waals surface area contributed by atoms with Gasteiger partial charge in [-0.05, 0) is 12.1 Å². The number of aliphatic hydroxyl groups excluding tert-OH is 1. The maximum absolute atomic E-state index is 12.7. The highest BCUT2D eigenvalue weighted by atomic mass is 16.5. The summed E-state index contributed by atoms with van der Waals surface area (Å²) in [5.41, 5.74) is 8.34. The molecule has 138 valence electrons. The molecule has 1 aliphatic rings. The number of fused-ring (bicyclic) bond motifs is 1. The van der Waals surface area contributed by atoms with Gasteiger partial charge in [0.1, 0.15) is 28.7 Å². The van der Waals surface area contributed by atoms with Crippen LogP contribution in [0.15, 0.2) is 48.3 Å². The van der Waals surface area contributed by atoms with E-state index in [4.69, 9.17) is 15.2 Å². The second-order valence-corrected chi connectivity index (χ2v) is 6.04. The summed E-state index contributed by atoms with van der Waals surface area (Å²) in [6.45, 7) is 0. The zero-order valence-electron chi connectivity index (χ0n) is 14.8. The molecule has 0 fully saturated rings. The molecule has 1 unspecified atom stereocenters. The Morgan fingerprint density at radius 3 is 2.44 bits per heavy atom. The number of Topliss-reactive ketones (excluding diaryl/α,β-unsaturated/α-hetero) is 1. The third-order valence-electron chi connectivity index (χ3n) is 4.48. The average Bonchev–Trinajstić information content (AvgIpc) is 3.19. The van der Waals surface area contributed by atoms with Gasteiger partial charge in [-0.1, -0.05) is 12.1 Å². The number of para-hydroxylation sites is 2. The number of aliphatic hydroxyl groups is 1. The van der Waals surface area contributed by atoms with Gasteiger partial charge in [0.2, 0.25) is 5.78 Å². The van der Waals surface area contributed by atoms with Gasteiger partial charge in [0.15, 0.2) is 6.23 Å². The van der Waals surface area contributed by atoms with E-state index in [2.05, 4.69) is 9.97 Å². The van der Waals surface area contributed by atoms with Gasteiger partial charge in [-0.2, -0.15) is 0 Å². The first kappa shape index (κ1) is 16.9. The molecule has 4 N–H and O–H groups in total. The van der Waals surface area contributed by atoms with Crippen LogP contribution in [0.5, 0.6) is 11.5 Å². The van der Waals surface area contributed by atoms with Gasteiger partial charge in [0.25, 0.3) is 0 Å². The van der Waals surface area contributed by atoms with Gasteiger partial charge in [-0.25, -0.2) is 4.98 Å². The van der Waals surface area contributed by atoms with Crippen molar-refractivity contribution in [1.82, 2.24) is 9.97 Å². The Kier molecular flexibility index (Phi) is 3.97. The predicted molar refractivity (Wildman–Crippen MR) is 100 cm³/mol. The zero-order chi connectivity index (χ0) is 19.1. The molecular weight excluding hydrogens is 348 g/mol. The number of rotatable bonds is 4. The molecule has 2 heterocycles. The number of carbonyl (C=O) groups is 1. The molecule has 8 nitrogen and oxygen atoms in total. The third-order valence-corrected chi connectivity index (χ3v) is 4.48. The molecule has 0 amide bonds. The van der Waals surface area contributed by atoms with Crippen LogP contribution >= 0.6 is 0 Å². The van der Waals surface area contributed by atoms with Gasteiger partial charge >= 0.3 is 0 Å². The molecule has 2 aromatic carbocycles. The number of hydrogen-bond donors (Lipinski definition) is 3. The Morgan fingerprint density at radius 1 is 1.15 bits per heavy atom. The molecule has 0 radical (unpaired) electrons. The van der Waals surface area contributed by atoms with Crippen molar-refractivity contribution in [2.45, 2.75) is 6.23 Å². The Labute approximate surface area is 154 Å². The third kappa shape index (κ3) is 2.67. The van der Waals surface area contributed by atoms with Crippen molar-refractivity contribution in [3.63, 3.8) is 0 Å². The highest BCUT2D eigenvalue weighted by Crippen LogP contribution is 2.36. The van der Waals surface area contributed by atoms with Gasteiger partial charge in [0.05, 0.1) is 30.9 Å². The van der Waals surface area contributed by atoms with Crippen molar-refractivity contribution in [3.05, 3.63) is 54.1 Å². The molecule has 0 bridgehead atoms. The van der Waals surface area contributed by atoms with Crippen LogP contribution < -0.4 is 20.1 Å². The predicted octanol–water partition coefficient (Wildman–Crippen LogP) is 1.62. The molecule has 27 heavy (non-hydrogen) atoms. The minimum absolute atomic E-state index is 0.0989. The van der Waals surface area contributed by atoms with E-state index in [0.29, 0.717) is 28.5 Å². The van der Waals surface area contributed by atoms with Crippen molar-refractivity contribution < 1.29 is 19.4 Å². The summed E-state index contributed by atoms with van der Waals surface area (Å²) in [4.78, 5) is 21.6. The number of aromatic nitrogens is 2. The molecular formula is C19H18N4O4. The molecule has 0 aliphatic carbocycles. The van der Waals surface area contributed by atoms with E-state index >= 15 is 0 Å². The summed E-state index contributed by atoms with van der Waals surface area (Å²) in [6, 6.07) is 12.4. The standard InChI is InChI=1S/C19H18N4O4/c1-26-11-7-10(8-12(9-11)27-2)23-17(20)15(16(24)19(23)25)18-21-13-5-3-4-6-14(13)22-18/h3-9,19,25H,20H2,1-2H3,(H,21,22). The number of anilines is 1. The topological polar surface area (TPSA) is 114 Å². The Hall–Kier alpha value is -3.52. The van der Waals surface area contributed by atoms with Crippen LogP contribution in [0.25, 0.3) is 16.6 Å². The van der Waals surface area contributed by atoms with E-state index in [0.717, 1.165) is 5.52 Å². The van der Waals surface area contributed by atoms with Gasteiger partial charge in [-0.15, -0.1) is 0 Å². The number of ether oxygens (including phenoxy) is 2. The van der Waals surface area contributed by atoms with Crippen LogP contribution in [-0.2, 0) is 4.79 Å². The number of nitrogens with one attached hydrogen (secondary N) is 1. The van der Waals surface area contributed by atoms with E-state index in [1.807, 2.05) is 24.3 Å². The zero-order valence-corrected chi connectivity index (χ0v) is 14.8. The number of methoxy groups -OCH3 is 2. The lowest BCUT2D eigenvalue weighted by molar-refractivity contribution is -0.120. The first-order valence-corrected chi connectivity index (χ1v) is 8.23. The van der Waals surface area contributed by atoms with Crippen molar-refractivity contribution in [3.8, 4) is 11.5 Å². The van der Waals surface area contributed by atoms with E-state index in [1.165, 1.54) is 19.1 Å². The number of hydrogen-bond acceptors (Lipinski definition) is 7. The molecule has 0 spiro atoms. The monoisotopic (exact) mass is 366 g/mol. The minimum atomic E-state index is -1.47. The lowest BCUT2D eigenvalue weighted by atomic mass is 10.2. The second-order valence-electron chi connectivity index (χ2n) is 6.04. The average molecular weight is 366 g/mol. The van der Waals surface area contributed by atoms with E-state index in [-0.39, 0.29) is 11.4 Å². The lowest BCUT2D eigenvalue weighted by Gasteiger charge is -2.23. The van der Waals surface area contributed by atoms with Crippen LogP contribution in [0.1, 0.15) is 5.82 Å². The summed E-state index contributed by atoms with van der Waals surface area (Å²) in [7, 11) is 3.03. The highest BCUT2D eigenvalue weighted by Gasteiger charge is 2.40. The molecule has 1 atom stereocenters. The maximum atomic E-state index is 12.7. The summed E-state index contributed by atoms with van der Waals surface area (Å²) < 4.78 is 10.5. The van der Waals surface area contributed by atoms with Crippen LogP contribution in [-0.4, -0.2) is 41.3 Å². The molecule has 0 saturated heterocycles. The molecule has 1 aromatic heterocycles. The van der Waals surface area contributed by atoms with Crippen molar-refractivity contribution in [2.24, 2.45) is 5.73 Å². The molecule has 3 aromatic rings. The van der Waals surface area contributed by atoms with Gasteiger partial charge in [0, 0.05) is 18.2 Å². The number of nitrogens with two attached hydrogens (primary N) is 1. The smallest absolute Gasteiger partial charge is 0.219 e. The first-order valence-electron chi connectivity index (χ1n) is 8.23. The SMILES string of the molecule is COc1cc(OC)cc(N2C(N)=C(c3nc4ccccc4[nH]3)C(=O)C2O)c1. The number of ketones is 1. The lowest BCUT2D eigenvalue weighted by Crippen LogP contribution is -2.36. The number of imidazole rings is 1. The van der Waals surface area contributed by atoms with Crippen LogP contribution in [0.2, 0.25) is 0 Å². The van der Waals surface area contributed by atoms with Crippen LogP contribution in [0.3, 0.4) is 0 Å². The van der Waals surface area contributed by atoms with Crippen molar-refractivity contribution in [2.75, 3.05) is 19.1 Å². The Bertz CT molecular complexity index is 1020. The fourth-order valence-corrected chi connectivity index (χ4v) is 3.15. The van der Waals surface area contributed by atoms with Crippen molar-refractivity contribution in [1.29, 1.82) is 0 Å². The molecule has 1 aliphatic heterocycles. The van der Waals surface area contributed by atoms with Crippen LogP contribution in [0, 0.1) is 0 Å². The fraction of sp³-hybridized carbons (Fsp3) is 0.158. The fourth-order valence-electron chi connectivity index (χ4n) is 3.15. The Morgan fingerprint density at radius 2 is 1.81 bits per heavy atom. The van der Waals surface area contributed by atoms with E-state index in [1.54, 1.807) is 18.2 Å². The summed E-state index contributed by atoms with van der Waals surface area (Å²) >= 11 is 0. The minimum Gasteiger partial charge on any atom is -0.497 e. The maximum Gasteiger partial charge on any atom is 0.219 e. The van der Waals surface area contributed by atoms with Crippen LogP contribution in [0.4, 0.5) is 5.69 Å². The Balaban J connectivity index is 1.84. The molecule has 8 heteroatoms. The molecule has 4 rings (SSSR count). The number of benzene rings is 2.